The van der Waals surface area contributed by atoms with E-state index in [0.717, 1.165) is 12.8 Å². The van der Waals surface area contributed by atoms with Gasteiger partial charge in [-0.1, -0.05) is 13.3 Å². The van der Waals surface area contributed by atoms with Gasteiger partial charge in [0.15, 0.2) is 0 Å². The zero-order valence-corrected chi connectivity index (χ0v) is 9.84. The SMILES string of the molecule is CCCCS(=O)c1ccc(O)cc1OC. The molecular weight excluding hydrogens is 212 g/mol. The van der Waals surface area contributed by atoms with Gasteiger partial charge in [-0.2, -0.15) is 0 Å². The van der Waals surface area contributed by atoms with Crippen molar-refractivity contribution >= 4 is 10.8 Å². The number of rotatable bonds is 5. The molecule has 1 atom stereocenters. The van der Waals surface area contributed by atoms with Gasteiger partial charge >= 0.3 is 0 Å². The average Bonchev–Trinajstić information content (AvgIpc) is 2.25. The Morgan fingerprint density at radius 1 is 1.47 bits per heavy atom. The minimum atomic E-state index is -1.04. The highest BCUT2D eigenvalue weighted by Crippen LogP contribution is 2.26. The van der Waals surface area contributed by atoms with Crippen molar-refractivity contribution in [2.45, 2.75) is 24.7 Å². The molecule has 0 aromatic heterocycles. The fourth-order valence-corrected chi connectivity index (χ4v) is 2.59. The normalized spacial score (nSPS) is 12.4. The van der Waals surface area contributed by atoms with Gasteiger partial charge in [0.1, 0.15) is 11.5 Å². The summed E-state index contributed by atoms with van der Waals surface area (Å²) < 4.78 is 16.9. The molecule has 1 unspecified atom stereocenters. The summed E-state index contributed by atoms with van der Waals surface area (Å²) in [5, 5.41) is 9.25. The summed E-state index contributed by atoms with van der Waals surface area (Å²) in [5.41, 5.74) is 0. The first-order valence-electron chi connectivity index (χ1n) is 4.94. The Labute approximate surface area is 92.5 Å². The van der Waals surface area contributed by atoms with Crippen molar-refractivity contribution in [2.24, 2.45) is 0 Å². The Morgan fingerprint density at radius 3 is 2.80 bits per heavy atom. The van der Waals surface area contributed by atoms with Gasteiger partial charge in [0.2, 0.25) is 0 Å². The first kappa shape index (κ1) is 12.0. The molecule has 0 heterocycles. The molecule has 1 rings (SSSR count). The number of phenols is 1. The van der Waals surface area contributed by atoms with Gasteiger partial charge in [-0.3, -0.25) is 4.21 Å². The lowest BCUT2D eigenvalue weighted by molar-refractivity contribution is 0.397. The van der Waals surface area contributed by atoms with Gasteiger partial charge in [0.25, 0.3) is 0 Å². The second-order valence-electron chi connectivity index (χ2n) is 3.24. The number of hydrogen-bond acceptors (Lipinski definition) is 3. The van der Waals surface area contributed by atoms with Crippen molar-refractivity contribution in [3.63, 3.8) is 0 Å². The molecule has 1 aromatic rings. The van der Waals surface area contributed by atoms with Crippen molar-refractivity contribution in [2.75, 3.05) is 12.9 Å². The molecule has 4 heteroatoms. The standard InChI is InChI=1S/C11H16O3S/c1-3-4-7-15(13)11-6-5-9(12)8-10(11)14-2/h5-6,8,12H,3-4,7H2,1-2H3. The molecule has 84 valence electrons. The zero-order chi connectivity index (χ0) is 11.3. The Kier molecular flexibility index (Phi) is 4.62. The zero-order valence-electron chi connectivity index (χ0n) is 9.03. The number of benzene rings is 1. The van der Waals surface area contributed by atoms with Crippen molar-refractivity contribution in [1.82, 2.24) is 0 Å². The van der Waals surface area contributed by atoms with Crippen LogP contribution < -0.4 is 4.74 Å². The first-order valence-corrected chi connectivity index (χ1v) is 6.26. The molecule has 0 spiro atoms. The van der Waals surface area contributed by atoms with Gasteiger partial charge in [-0.05, 0) is 18.6 Å². The highest BCUT2D eigenvalue weighted by Gasteiger charge is 2.10. The van der Waals surface area contributed by atoms with Crippen LogP contribution in [-0.2, 0) is 10.8 Å². The topological polar surface area (TPSA) is 46.5 Å². The van der Waals surface area contributed by atoms with E-state index in [1.54, 1.807) is 6.07 Å². The van der Waals surface area contributed by atoms with E-state index in [0.29, 0.717) is 16.4 Å². The maximum atomic E-state index is 11.8. The molecule has 0 saturated heterocycles. The lowest BCUT2D eigenvalue weighted by atomic mass is 10.3. The maximum Gasteiger partial charge on any atom is 0.138 e. The summed E-state index contributed by atoms with van der Waals surface area (Å²) in [5.74, 6) is 1.25. The van der Waals surface area contributed by atoms with E-state index in [4.69, 9.17) is 4.74 Å². The average molecular weight is 228 g/mol. The molecule has 0 saturated carbocycles. The summed E-state index contributed by atoms with van der Waals surface area (Å²) in [7, 11) is 0.470. The largest absolute Gasteiger partial charge is 0.508 e. The van der Waals surface area contributed by atoms with Gasteiger partial charge < -0.3 is 9.84 Å². The van der Waals surface area contributed by atoms with Crippen molar-refractivity contribution in [1.29, 1.82) is 0 Å². The van der Waals surface area contributed by atoms with Crippen molar-refractivity contribution < 1.29 is 14.1 Å². The van der Waals surface area contributed by atoms with Gasteiger partial charge in [-0.15, -0.1) is 0 Å². The molecule has 15 heavy (non-hydrogen) atoms. The summed E-state index contributed by atoms with van der Waals surface area (Å²) in [4.78, 5) is 0.656. The van der Waals surface area contributed by atoms with Crippen LogP contribution in [0.25, 0.3) is 0 Å². The van der Waals surface area contributed by atoms with Crippen LogP contribution in [-0.4, -0.2) is 22.2 Å². The van der Waals surface area contributed by atoms with E-state index >= 15 is 0 Å². The highest BCUT2D eigenvalue weighted by atomic mass is 32.2. The minimum Gasteiger partial charge on any atom is -0.508 e. The monoisotopic (exact) mass is 228 g/mol. The van der Waals surface area contributed by atoms with E-state index in [-0.39, 0.29) is 5.75 Å². The predicted molar refractivity (Wildman–Crippen MR) is 60.8 cm³/mol. The molecule has 0 bridgehead atoms. The number of hydrogen-bond donors (Lipinski definition) is 1. The van der Waals surface area contributed by atoms with Crippen molar-refractivity contribution in [3.8, 4) is 11.5 Å². The predicted octanol–water partition coefficient (Wildman–Crippen LogP) is 2.31. The molecule has 3 nitrogen and oxygen atoms in total. The van der Waals surface area contributed by atoms with Crippen LogP contribution in [0.2, 0.25) is 0 Å². The summed E-state index contributed by atoms with van der Waals surface area (Å²) in [6.45, 7) is 2.06. The lowest BCUT2D eigenvalue weighted by Crippen LogP contribution is -2.00. The molecule has 0 fully saturated rings. The Balaban J connectivity index is 2.87. The third kappa shape index (κ3) is 3.23. The number of methoxy groups -OCH3 is 1. The maximum absolute atomic E-state index is 11.8. The minimum absolute atomic E-state index is 0.128. The number of phenolic OH excluding ortho intramolecular Hbond substituents is 1. The number of unbranched alkanes of at least 4 members (excludes halogenated alkanes) is 1. The van der Waals surface area contributed by atoms with E-state index in [1.807, 2.05) is 0 Å². The van der Waals surface area contributed by atoms with Crippen LogP contribution in [0.5, 0.6) is 11.5 Å². The second-order valence-corrected chi connectivity index (χ2v) is 4.78. The number of ether oxygens (including phenoxy) is 1. The molecule has 0 radical (unpaired) electrons. The first-order chi connectivity index (χ1) is 7.19. The molecule has 1 N–H and O–H groups in total. The molecule has 0 aliphatic carbocycles. The van der Waals surface area contributed by atoms with Gasteiger partial charge in [0, 0.05) is 11.8 Å². The number of aromatic hydroxyl groups is 1. The summed E-state index contributed by atoms with van der Waals surface area (Å²) in [6.07, 6.45) is 1.95. The van der Waals surface area contributed by atoms with Crippen LogP contribution >= 0.6 is 0 Å². The van der Waals surface area contributed by atoms with Crippen LogP contribution in [0.1, 0.15) is 19.8 Å². The molecule has 0 aliphatic rings. The third-order valence-electron chi connectivity index (χ3n) is 2.08. The lowest BCUT2D eigenvalue weighted by Gasteiger charge is -2.08. The molecule has 0 aliphatic heterocycles. The Hall–Kier alpha value is -1.03. The molecule has 1 aromatic carbocycles. The van der Waals surface area contributed by atoms with Gasteiger partial charge in [-0.25, -0.2) is 0 Å². The quantitative estimate of drug-likeness (QED) is 0.841. The van der Waals surface area contributed by atoms with Gasteiger partial charge in [0.05, 0.1) is 22.8 Å². The molecule has 0 amide bonds. The Morgan fingerprint density at radius 2 is 2.20 bits per heavy atom. The highest BCUT2D eigenvalue weighted by molar-refractivity contribution is 7.85. The van der Waals surface area contributed by atoms with E-state index in [1.165, 1.54) is 19.2 Å². The summed E-state index contributed by atoms with van der Waals surface area (Å²) in [6, 6.07) is 4.67. The smallest absolute Gasteiger partial charge is 0.138 e. The summed E-state index contributed by atoms with van der Waals surface area (Å²) >= 11 is 0. The molecular formula is C11H16O3S. The van der Waals surface area contributed by atoms with Crippen LogP contribution in [0, 0.1) is 0 Å². The van der Waals surface area contributed by atoms with Crippen LogP contribution in [0.3, 0.4) is 0 Å². The Bertz CT molecular complexity index is 350. The van der Waals surface area contributed by atoms with E-state index in [2.05, 4.69) is 6.92 Å². The third-order valence-corrected chi connectivity index (χ3v) is 3.56. The van der Waals surface area contributed by atoms with E-state index < -0.39 is 10.8 Å². The second kappa shape index (κ2) is 5.75. The fraction of sp³-hybridized carbons (Fsp3) is 0.455. The van der Waals surface area contributed by atoms with Crippen LogP contribution in [0.15, 0.2) is 23.1 Å². The van der Waals surface area contributed by atoms with Crippen molar-refractivity contribution in [3.05, 3.63) is 18.2 Å². The fourth-order valence-electron chi connectivity index (χ4n) is 1.23. The van der Waals surface area contributed by atoms with Crippen LogP contribution in [0.4, 0.5) is 0 Å². The van der Waals surface area contributed by atoms with E-state index in [9.17, 15) is 9.32 Å².